The molecule has 0 spiro atoms. The fraction of sp³-hybridized carbons (Fsp3) is 0.188. The fourth-order valence-electron chi connectivity index (χ4n) is 2.31. The van der Waals surface area contributed by atoms with Crippen molar-refractivity contribution in [1.29, 1.82) is 0 Å². The molecule has 0 aliphatic carbocycles. The molecule has 0 saturated carbocycles. The Morgan fingerprint density at radius 1 is 1.15 bits per heavy atom. The summed E-state index contributed by atoms with van der Waals surface area (Å²) in [6, 6.07) is 7.58. The number of nitrogen functional groups attached to an aromatic ring is 1. The molecule has 0 heterocycles. The summed E-state index contributed by atoms with van der Waals surface area (Å²) in [5.74, 6) is -0.118. The van der Waals surface area contributed by atoms with Gasteiger partial charge in [-0.15, -0.1) is 0 Å². The van der Waals surface area contributed by atoms with Crippen LogP contribution in [0.2, 0.25) is 0 Å². The van der Waals surface area contributed by atoms with Gasteiger partial charge in [-0.05, 0) is 55.3 Å². The van der Waals surface area contributed by atoms with Crippen molar-refractivity contribution in [3.63, 3.8) is 0 Å². The number of halogens is 1. The maximum absolute atomic E-state index is 13.3. The second-order valence-corrected chi connectivity index (χ2v) is 4.70. The van der Waals surface area contributed by atoms with E-state index in [9.17, 15) is 9.18 Å². The van der Waals surface area contributed by atoms with Crippen LogP contribution in [0.1, 0.15) is 27.0 Å². The molecule has 2 rings (SSSR count). The van der Waals surface area contributed by atoms with Gasteiger partial charge in [0.25, 0.3) is 0 Å². The zero-order valence-corrected chi connectivity index (χ0v) is 11.7. The molecule has 0 amide bonds. The molecule has 0 fully saturated rings. The Hall–Kier alpha value is -2.36. The van der Waals surface area contributed by atoms with Gasteiger partial charge in [0.1, 0.15) is 11.6 Å². The first-order chi connectivity index (χ1) is 9.43. The number of hydrogen-bond donors (Lipinski definition) is 1. The zero-order valence-electron chi connectivity index (χ0n) is 11.7. The van der Waals surface area contributed by atoms with Gasteiger partial charge in [0.05, 0.1) is 12.7 Å². The van der Waals surface area contributed by atoms with Crippen LogP contribution in [0.25, 0.3) is 0 Å². The fourth-order valence-corrected chi connectivity index (χ4v) is 2.31. The van der Waals surface area contributed by atoms with E-state index in [1.54, 1.807) is 32.0 Å². The Kier molecular flexibility index (Phi) is 3.74. The molecule has 104 valence electrons. The van der Waals surface area contributed by atoms with Crippen molar-refractivity contribution in [2.75, 3.05) is 12.8 Å². The minimum atomic E-state index is -0.351. The topological polar surface area (TPSA) is 52.3 Å². The smallest absolute Gasteiger partial charge is 0.197 e. The second kappa shape index (κ2) is 5.33. The Bertz CT molecular complexity index is 657. The highest BCUT2D eigenvalue weighted by molar-refractivity contribution is 6.12. The molecular formula is C16H16FNO2. The van der Waals surface area contributed by atoms with Crippen molar-refractivity contribution in [3.8, 4) is 5.75 Å². The SMILES string of the molecule is COc1ccc(N)cc1C(=O)c1c(C)cc(F)cc1C. The number of ketones is 1. The third kappa shape index (κ3) is 2.50. The first kappa shape index (κ1) is 14.1. The van der Waals surface area contributed by atoms with Crippen molar-refractivity contribution in [1.82, 2.24) is 0 Å². The monoisotopic (exact) mass is 273 g/mol. The van der Waals surface area contributed by atoms with Gasteiger partial charge in [0.15, 0.2) is 5.78 Å². The lowest BCUT2D eigenvalue weighted by Gasteiger charge is -2.12. The van der Waals surface area contributed by atoms with E-state index in [4.69, 9.17) is 10.5 Å². The molecule has 2 aromatic rings. The van der Waals surface area contributed by atoms with Crippen LogP contribution in [0.3, 0.4) is 0 Å². The molecule has 20 heavy (non-hydrogen) atoms. The van der Waals surface area contributed by atoms with Crippen LogP contribution in [0, 0.1) is 19.7 Å². The van der Waals surface area contributed by atoms with Crippen molar-refractivity contribution in [2.45, 2.75) is 13.8 Å². The molecule has 2 N–H and O–H groups in total. The quantitative estimate of drug-likeness (QED) is 0.689. The Labute approximate surface area is 117 Å². The lowest BCUT2D eigenvalue weighted by Crippen LogP contribution is -2.09. The van der Waals surface area contributed by atoms with Crippen molar-refractivity contribution < 1.29 is 13.9 Å². The second-order valence-electron chi connectivity index (χ2n) is 4.70. The number of hydrogen-bond acceptors (Lipinski definition) is 3. The number of ether oxygens (including phenoxy) is 1. The summed E-state index contributed by atoms with van der Waals surface area (Å²) >= 11 is 0. The molecule has 0 aliphatic heterocycles. The van der Waals surface area contributed by atoms with Crippen molar-refractivity contribution in [3.05, 3.63) is 58.4 Å². The molecular weight excluding hydrogens is 257 g/mol. The van der Waals surface area contributed by atoms with Gasteiger partial charge in [0, 0.05) is 11.3 Å². The van der Waals surface area contributed by atoms with Crippen LogP contribution in [-0.4, -0.2) is 12.9 Å². The van der Waals surface area contributed by atoms with Crippen molar-refractivity contribution in [2.24, 2.45) is 0 Å². The summed E-state index contributed by atoms with van der Waals surface area (Å²) in [4.78, 5) is 12.7. The maximum atomic E-state index is 13.3. The van der Waals surface area contributed by atoms with Crippen LogP contribution in [0.15, 0.2) is 30.3 Å². The molecule has 4 heteroatoms. The van der Waals surface area contributed by atoms with Crippen LogP contribution < -0.4 is 10.5 Å². The van der Waals surface area contributed by atoms with E-state index in [-0.39, 0.29) is 11.6 Å². The van der Waals surface area contributed by atoms with Gasteiger partial charge in [-0.1, -0.05) is 0 Å². The van der Waals surface area contributed by atoms with E-state index in [1.165, 1.54) is 19.2 Å². The molecule has 0 bridgehead atoms. The summed E-state index contributed by atoms with van der Waals surface area (Å²) in [7, 11) is 1.49. The van der Waals surface area contributed by atoms with Crippen LogP contribution >= 0.6 is 0 Å². The van der Waals surface area contributed by atoms with Gasteiger partial charge in [-0.25, -0.2) is 4.39 Å². The molecule has 0 saturated heterocycles. The molecule has 3 nitrogen and oxygen atoms in total. The molecule has 0 atom stereocenters. The minimum absolute atomic E-state index is 0.218. The van der Waals surface area contributed by atoms with Gasteiger partial charge >= 0.3 is 0 Å². The highest BCUT2D eigenvalue weighted by Gasteiger charge is 2.19. The number of aryl methyl sites for hydroxylation is 2. The van der Waals surface area contributed by atoms with Crippen LogP contribution in [0.4, 0.5) is 10.1 Å². The van der Waals surface area contributed by atoms with Crippen LogP contribution in [0.5, 0.6) is 5.75 Å². The van der Waals surface area contributed by atoms with Crippen LogP contribution in [-0.2, 0) is 0 Å². The highest BCUT2D eigenvalue weighted by Crippen LogP contribution is 2.27. The van der Waals surface area contributed by atoms with Gasteiger partial charge in [-0.2, -0.15) is 0 Å². The summed E-state index contributed by atoms with van der Waals surface area (Å²) in [5, 5.41) is 0. The number of carbonyl (C=O) groups is 1. The predicted molar refractivity (Wildman–Crippen MR) is 76.7 cm³/mol. The lowest BCUT2D eigenvalue weighted by molar-refractivity contribution is 0.103. The predicted octanol–water partition coefficient (Wildman–Crippen LogP) is 3.26. The molecule has 0 aromatic heterocycles. The number of methoxy groups -OCH3 is 1. The molecule has 0 unspecified atom stereocenters. The summed E-state index contributed by atoms with van der Waals surface area (Å²) < 4.78 is 18.5. The van der Waals surface area contributed by atoms with E-state index in [1.807, 2.05) is 0 Å². The van der Waals surface area contributed by atoms with Gasteiger partial charge < -0.3 is 10.5 Å². The number of carbonyl (C=O) groups excluding carboxylic acids is 1. The Morgan fingerprint density at radius 3 is 2.30 bits per heavy atom. The van der Waals surface area contributed by atoms with E-state index < -0.39 is 0 Å². The molecule has 2 aromatic carbocycles. The van der Waals surface area contributed by atoms with Gasteiger partial charge in [-0.3, -0.25) is 4.79 Å². The first-order valence-corrected chi connectivity index (χ1v) is 6.19. The third-order valence-electron chi connectivity index (χ3n) is 3.19. The highest BCUT2D eigenvalue weighted by atomic mass is 19.1. The van der Waals surface area contributed by atoms with E-state index in [0.29, 0.717) is 33.7 Å². The van der Waals surface area contributed by atoms with E-state index in [0.717, 1.165) is 0 Å². The summed E-state index contributed by atoms with van der Waals surface area (Å²) in [6.45, 7) is 3.42. The number of anilines is 1. The zero-order chi connectivity index (χ0) is 14.9. The molecule has 0 radical (unpaired) electrons. The number of rotatable bonds is 3. The first-order valence-electron chi connectivity index (χ1n) is 6.19. The average molecular weight is 273 g/mol. The normalized spacial score (nSPS) is 10.4. The maximum Gasteiger partial charge on any atom is 0.197 e. The minimum Gasteiger partial charge on any atom is -0.496 e. The standard InChI is InChI=1S/C16H16FNO2/c1-9-6-11(17)7-10(2)15(9)16(19)13-8-12(18)4-5-14(13)20-3/h4-8H,18H2,1-3H3. The van der Waals surface area contributed by atoms with E-state index in [2.05, 4.69) is 0 Å². The third-order valence-corrected chi connectivity index (χ3v) is 3.19. The van der Waals surface area contributed by atoms with Gasteiger partial charge in [0.2, 0.25) is 0 Å². The largest absolute Gasteiger partial charge is 0.496 e. The number of benzene rings is 2. The Balaban J connectivity index is 2.60. The summed E-state index contributed by atoms with van der Waals surface area (Å²) in [6.07, 6.45) is 0. The Morgan fingerprint density at radius 2 is 1.75 bits per heavy atom. The lowest BCUT2D eigenvalue weighted by atomic mass is 9.94. The average Bonchev–Trinajstić information content (AvgIpc) is 2.37. The molecule has 0 aliphatic rings. The van der Waals surface area contributed by atoms with Crippen molar-refractivity contribution >= 4 is 11.5 Å². The number of nitrogens with two attached hydrogens (primary N) is 1. The summed E-state index contributed by atoms with van der Waals surface area (Å²) in [5.41, 5.74) is 8.26. The van der Waals surface area contributed by atoms with E-state index >= 15 is 0 Å².